The van der Waals surface area contributed by atoms with E-state index < -0.39 is 0 Å². The number of hydrogen-bond donors (Lipinski definition) is 1. The SMILES string of the molecule is O=c1c2ccncc2ncn1Cc1n[nH]c2c1CCCCC2. The Morgan fingerprint density at radius 3 is 3.09 bits per heavy atom. The lowest BCUT2D eigenvalue weighted by atomic mass is 10.1. The molecule has 0 spiro atoms. The van der Waals surface area contributed by atoms with Gasteiger partial charge in [0.05, 0.1) is 35.7 Å². The van der Waals surface area contributed by atoms with Crippen LogP contribution in [0.1, 0.15) is 36.2 Å². The van der Waals surface area contributed by atoms with Gasteiger partial charge >= 0.3 is 0 Å². The van der Waals surface area contributed by atoms with Gasteiger partial charge in [0.2, 0.25) is 0 Å². The molecule has 1 aliphatic rings. The molecule has 1 N–H and O–H groups in total. The van der Waals surface area contributed by atoms with Gasteiger partial charge in [-0.1, -0.05) is 6.42 Å². The number of rotatable bonds is 2. The lowest BCUT2D eigenvalue weighted by molar-refractivity contribution is 0.683. The van der Waals surface area contributed by atoms with Crippen LogP contribution in [-0.4, -0.2) is 24.7 Å². The van der Waals surface area contributed by atoms with Crippen LogP contribution in [0.4, 0.5) is 0 Å². The molecule has 0 saturated heterocycles. The van der Waals surface area contributed by atoms with E-state index in [1.807, 2.05) is 0 Å². The van der Waals surface area contributed by atoms with Crippen molar-refractivity contribution in [2.75, 3.05) is 0 Å². The largest absolute Gasteiger partial charge is 0.293 e. The molecule has 1 aliphatic carbocycles. The molecular weight excluding hydrogens is 278 g/mol. The summed E-state index contributed by atoms with van der Waals surface area (Å²) < 4.78 is 1.63. The summed E-state index contributed by atoms with van der Waals surface area (Å²) in [6.45, 7) is 0.468. The molecule has 6 heteroatoms. The zero-order valence-electron chi connectivity index (χ0n) is 12.2. The predicted octanol–water partition coefficient (Wildman–Crippen LogP) is 1.83. The van der Waals surface area contributed by atoms with E-state index in [-0.39, 0.29) is 5.56 Å². The monoisotopic (exact) mass is 295 g/mol. The number of nitrogens with one attached hydrogen (secondary N) is 1. The maximum absolute atomic E-state index is 12.5. The standard InChI is InChI=1S/C16H17N5O/c22-16-12-6-7-17-8-14(12)18-10-21(16)9-15-11-4-2-1-3-5-13(11)19-20-15/h6-8,10H,1-5,9H2,(H,19,20). The van der Waals surface area contributed by atoms with Gasteiger partial charge in [-0.15, -0.1) is 0 Å². The molecule has 6 nitrogen and oxygen atoms in total. The molecule has 0 radical (unpaired) electrons. The third-order valence-corrected chi connectivity index (χ3v) is 4.34. The van der Waals surface area contributed by atoms with Crippen LogP contribution in [0.15, 0.2) is 29.6 Å². The van der Waals surface area contributed by atoms with Gasteiger partial charge in [-0.25, -0.2) is 4.98 Å². The molecule has 0 bridgehead atoms. The Bertz CT molecular complexity index is 880. The van der Waals surface area contributed by atoms with Crippen molar-refractivity contribution in [1.29, 1.82) is 0 Å². The molecule has 0 fully saturated rings. The first-order chi connectivity index (χ1) is 10.8. The number of fused-ring (bicyclic) bond motifs is 2. The van der Waals surface area contributed by atoms with E-state index in [1.165, 1.54) is 30.5 Å². The third-order valence-electron chi connectivity index (χ3n) is 4.34. The van der Waals surface area contributed by atoms with E-state index >= 15 is 0 Å². The van der Waals surface area contributed by atoms with E-state index in [9.17, 15) is 4.79 Å². The Hall–Kier alpha value is -2.50. The molecule has 3 aromatic rings. The molecule has 0 saturated carbocycles. The first-order valence-electron chi connectivity index (χ1n) is 7.67. The van der Waals surface area contributed by atoms with E-state index in [0.29, 0.717) is 17.4 Å². The topological polar surface area (TPSA) is 76.5 Å². The Labute approximate surface area is 127 Å². The number of aryl methyl sites for hydroxylation is 1. The molecule has 0 aliphatic heterocycles. The number of pyridine rings is 1. The van der Waals surface area contributed by atoms with Crippen molar-refractivity contribution in [1.82, 2.24) is 24.7 Å². The lowest BCUT2D eigenvalue weighted by Crippen LogP contribution is -2.22. The highest BCUT2D eigenvalue weighted by Gasteiger charge is 2.16. The summed E-state index contributed by atoms with van der Waals surface area (Å²) in [5.41, 5.74) is 4.08. The second-order valence-electron chi connectivity index (χ2n) is 5.76. The van der Waals surface area contributed by atoms with Gasteiger partial charge in [-0.3, -0.25) is 19.4 Å². The number of aromatic nitrogens is 5. The van der Waals surface area contributed by atoms with E-state index in [1.54, 1.807) is 29.4 Å². The molecular formula is C16H17N5O. The number of nitrogens with zero attached hydrogens (tertiary/aromatic N) is 4. The fourth-order valence-corrected chi connectivity index (χ4v) is 3.14. The highest BCUT2D eigenvalue weighted by molar-refractivity contribution is 5.75. The van der Waals surface area contributed by atoms with Crippen LogP contribution in [0.2, 0.25) is 0 Å². The maximum atomic E-state index is 12.5. The minimum Gasteiger partial charge on any atom is -0.293 e. The summed E-state index contributed by atoms with van der Waals surface area (Å²) in [7, 11) is 0. The van der Waals surface area contributed by atoms with Crippen LogP contribution in [0.25, 0.3) is 10.9 Å². The van der Waals surface area contributed by atoms with Gasteiger partial charge in [-0.05, 0) is 37.3 Å². The van der Waals surface area contributed by atoms with Crippen molar-refractivity contribution in [3.63, 3.8) is 0 Å². The summed E-state index contributed by atoms with van der Waals surface area (Å²) in [6.07, 6.45) is 10.6. The normalized spacial score (nSPS) is 14.7. The van der Waals surface area contributed by atoms with Gasteiger partial charge in [0, 0.05) is 11.9 Å². The van der Waals surface area contributed by atoms with Crippen molar-refractivity contribution in [2.24, 2.45) is 0 Å². The average molecular weight is 295 g/mol. The second kappa shape index (κ2) is 5.36. The van der Waals surface area contributed by atoms with Crippen LogP contribution >= 0.6 is 0 Å². The second-order valence-corrected chi connectivity index (χ2v) is 5.76. The fourth-order valence-electron chi connectivity index (χ4n) is 3.14. The average Bonchev–Trinajstić information content (AvgIpc) is 2.78. The zero-order chi connectivity index (χ0) is 14.9. The van der Waals surface area contributed by atoms with Crippen LogP contribution in [0.3, 0.4) is 0 Å². The summed E-state index contributed by atoms with van der Waals surface area (Å²) in [5.74, 6) is 0. The number of H-pyrrole nitrogens is 1. The van der Waals surface area contributed by atoms with Crippen LogP contribution in [-0.2, 0) is 19.4 Å². The van der Waals surface area contributed by atoms with Gasteiger partial charge in [0.1, 0.15) is 0 Å². The van der Waals surface area contributed by atoms with Crippen molar-refractivity contribution in [3.8, 4) is 0 Å². The van der Waals surface area contributed by atoms with Crippen molar-refractivity contribution in [3.05, 3.63) is 52.1 Å². The quantitative estimate of drug-likeness (QED) is 0.732. The molecule has 112 valence electrons. The van der Waals surface area contributed by atoms with E-state index in [0.717, 1.165) is 18.5 Å². The lowest BCUT2D eigenvalue weighted by Gasteiger charge is -2.06. The van der Waals surface area contributed by atoms with Crippen LogP contribution < -0.4 is 5.56 Å². The Morgan fingerprint density at radius 1 is 1.23 bits per heavy atom. The third kappa shape index (κ3) is 2.20. The smallest absolute Gasteiger partial charge is 0.261 e. The number of aromatic amines is 1. The molecule has 4 rings (SSSR count). The Balaban J connectivity index is 1.74. The van der Waals surface area contributed by atoms with Crippen LogP contribution in [0.5, 0.6) is 0 Å². The van der Waals surface area contributed by atoms with Crippen molar-refractivity contribution < 1.29 is 0 Å². The van der Waals surface area contributed by atoms with Crippen molar-refractivity contribution in [2.45, 2.75) is 38.6 Å². The molecule has 0 unspecified atom stereocenters. The van der Waals surface area contributed by atoms with Gasteiger partial charge in [0.25, 0.3) is 5.56 Å². The Kier molecular flexibility index (Phi) is 3.21. The van der Waals surface area contributed by atoms with Crippen molar-refractivity contribution >= 4 is 10.9 Å². The highest BCUT2D eigenvalue weighted by Crippen LogP contribution is 2.22. The summed E-state index contributed by atoms with van der Waals surface area (Å²) >= 11 is 0. The van der Waals surface area contributed by atoms with E-state index in [2.05, 4.69) is 20.2 Å². The Morgan fingerprint density at radius 2 is 2.14 bits per heavy atom. The maximum Gasteiger partial charge on any atom is 0.261 e. The minimum atomic E-state index is -0.0437. The summed E-state index contributed by atoms with van der Waals surface area (Å²) in [4.78, 5) is 20.9. The first kappa shape index (κ1) is 13.2. The highest BCUT2D eigenvalue weighted by atomic mass is 16.1. The van der Waals surface area contributed by atoms with Crippen LogP contribution in [0, 0.1) is 0 Å². The number of hydrogen-bond acceptors (Lipinski definition) is 4. The van der Waals surface area contributed by atoms with E-state index in [4.69, 9.17) is 0 Å². The minimum absolute atomic E-state index is 0.0437. The molecule has 22 heavy (non-hydrogen) atoms. The van der Waals surface area contributed by atoms with Gasteiger partial charge in [-0.2, -0.15) is 5.10 Å². The molecule has 0 amide bonds. The summed E-state index contributed by atoms with van der Waals surface area (Å²) in [5, 5.41) is 8.17. The predicted molar refractivity (Wildman–Crippen MR) is 82.7 cm³/mol. The molecule has 3 aromatic heterocycles. The summed E-state index contributed by atoms with van der Waals surface area (Å²) in [6, 6.07) is 1.71. The zero-order valence-corrected chi connectivity index (χ0v) is 12.2. The van der Waals surface area contributed by atoms with Gasteiger partial charge in [0.15, 0.2) is 0 Å². The fraction of sp³-hybridized carbons (Fsp3) is 0.375. The first-order valence-corrected chi connectivity index (χ1v) is 7.67. The molecule has 0 aromatic carbocycles. The van der Waals surface area contributed by atoms with Gasteiger partial charge < -0.3 is 0 Å². The molecule has 0 atom stereocenters. The molecule has 3 heterocycles.